The van der Waals surface area contributed by atoms with Crippen LogP contribution in [0.1, 0.15) is 26.7 Å². The molecular weight excluding hydrogens is 276 g/mol. The third kappa shape index (κ3) is 6.92. The fourth-order valence-corrected chi connectivity index (χ4v) is 4.85. The summed E-state index contributed by atoms with van der Waals surface area (Å²) in [5, 5.41) is 0. The number of hydrogen-bond acceptors (Lipinski definition) is 0. The quantitative estimate of drug-likeness (QED) is 0.551. The van der Waals surface area contributed by atoms with Gasteiger partial charge in [0, 0.05) is 0 Å². The molecule has 0 saturated heterocycles. The predicted octanol–water partition coefficient (Wildman–Crippen LogP) is 2.35. The Morgan fingerprint density at radius 3 is 1.71 bits per heavy atom. The third-order valence-corrected chi connectivity index (χ3v) is 8.65. The van der Waals surface area contributed by atoms with Crippen LogP contribution >= 0.6 is 0 Å². The molecule has 0 unspecified atom stereocenters. The van der Waals surface area contributed by atoms with Gasteiger partial charge >= 0.3 is 58.9 Å². The van der Waals surface area contributed by atoms with Crippen molar-refractivity contribution >= 4 is 24.2 Å². The molecule has 0 saturated carbocycles. The van der Waals surface area contributed by atoms with Crippen molar-refractivity contribution in [2.75, 3.05) is 0 Å². The van der Waals surface area contributed by atoms with Gasteiger partial charge in [0.1, 0.15) is 0 Å². The summed E-state index contributed by atoms with van der Waals surface area (Å²) in [6.07, 6.45) is 2.91. The van der Waals surface area contributed by atoms with Crippen LogP contribution in [-0.2, 0) is 0 Å². The Kier molecular flexibility index (Phi) is 7.83. The standard InChI is InChI=1S/2C3H7.Tl/c2*1-3-2;/h2*1,3H2,2H3;. The van der Waals surface area contributed by atoms with E-state index < -0.39 is 0 Å². The van der Waals surface area contributed by atoms with Crippen LogP contribution in [0.2, 0.25) is 7.96 Å². The molecule has 0 heterocycles. The maximum absolute atomic E-state index is 2.30. The van der Waals surface area contributed by atoms with E-state index in [0.29, 0.717) is 0 Å². The van der Waals surface area contributed by atoms with E-state index in [1.807, 2.05) is 0 Å². The van der Waals surface area contributed by atoms with Crippen LogP contribution in [0.5, 0.6) is 0 Å². The normalized spacial score (nSPS) is 8.29. The second-order valence-corrected chi connectivity index (χ2v) is 8.60. The van der Waals surface area contributed by atoms with Crippen LogP contribution in [0.4, 0.5) is 0 Å². The molecule has 0 aliphatic rings. The molecule has 0 nitrogen and oxygen atoms in total. The van der Waals surface area contributed by atoms with Gasteiger partial charge in [0.15, 0.2) is 0 Å². The molecule has 0 aromatic rings. The van der Waals surface area contributed by atoms with Crippen molar-refractivity contribution in [1.82, 2.24) is 0 Å². The van der Waals surface area contributed by atoms with E-state index in [1.165, 1.54) is 12.8 Å². The molecule has 0 aromatic heterocycles. The van der Waals surface area contributed by atoms with Crippen molar-refractivity contribution in [3.63, 3.8) is 0 Å². The summed E-state index contributed by atoms with van der Waals surface area (Å²) < 4.78 is 3.27. The molecule has 0 radical (unpaired) electrons. The zero-order valence-electron chi connectivity index (χ0n) is 5.41. The first-order valence-corrected chi connectivity index (χ1v) is 9.58. The number of rotatable bonds is 4. The van der Waals surface area contributed by atoms with Gasteiger partial charge in [-0.05, 0) is 0 Å². The van der Waals surface area contributed by atoms with Gasteiger partial charge in [0.25, 0.3) is 0 Å². The number of hydrogen-bond donors (Lipinski definition) is 0. The van der Waals surface area contributed by atoms with Crippen LogP contribution in [0.25, 0.3) is 0 Å². The van der Waals surface area contributed by atoms with Gasteiger partial charge in [0.2, 0.25) is 0 Å². The second kappa shape index (κ2) is 6.92. The van der Waals surface area contributed by atoms with Crippen molar-refractivity contribution in [2.45, 2.75) is 34.6 Å². The van der Waals surface area contributed by atoms with Crippen molar-refractivity contribution < 1.29 is 0 Å². The molecule has 41 valence electrons. The van der Waals surface area contributed by atoms with E-state index in [0.717, 1.165) is 0 Å². The molecule has 0 amide bonds. The van der Waals surface area contributed by atoms with Gasteiger partial charge in [-0.1, -0.05) is 0 Å². The minimum absolute atomic E-state index is 0.102. The van der Waals surface area contributed by atoms with Gasteiger partial charge in [-0.25, -0.2) is 0 Å². The van der Waals surface area contributed by atoms with Crippen molar-refractivity contribution in [3.05, 3.63) is 0 Å². The molecule has 0 spiro atoms. The van der Waals surface area contributed by atoms with E-state index >= 15 is 0 Å². The van der Waals surface area contributed by atoms with Crippen LogP contribution in [-0.4, -0.2) is 24.2 Å². The molecule has 0 N–H and O–H groups in total. The third-order valence-electron chi connectivity index (χ3n) is 0.986. The topological polar surface area (TPSA) is 0 Å². The predicted molar refractivity (Wildman–Crippen MR) is 35.9 cm³/mol. The Morgan fingerprint density at radius 2 is 1.43 bits per heavy atom. The van der Waals surface area contributed by atoms with Gasteiger partial charge in [-0.15, -0.1) is 0 Å². The zero-order valence-corrected chi connectivity index (χ0v) is 9.89. The first kappa shape index (κ1) is 7.92. The molecule has 0 atom stereocenters. The molecule has 7 heavy (non-hydrogen) atoms. The summed E-state index contributed by atoms with van der Waals surface area (Å²) in [6.45, 7) is 4.60. The van der Waals surface area contributed by atoms with Gasteiger partial charge < -0.3 is 0 Å². The summed E-state index contributed by atoms with van der Waals surface area (Å²) in [7, 11) is 0. The van der Waals surface area contributed by atoms with E-state index in [9.17, 15) is 0 Å². The molecule has 0 bridgehead atoms. The Hall–Kier alpha value is 0.922. The summed E-state index contributed by atoms with van der Waals surface area (Å²) in [4.78, 5) is 0. The summed E-state index contributed by atoms with van der Waals surface area (Å²) in [5.74, 6) is 0. The van der Waals surface area contributed by atoms with Crippen LogP contribution in [0.3, 0.4) is 0 Å². The summed E-state index contributed by atoms with van der Waals surface area (Å²) >= 11 is -0.102. The maximum atomic E-state index is 2.30. The van der Waals surface area contributed by atoms with Crippen LogP contribution < -0.4 is 0 Å². The van der Waals surface area contributed by atoms with E-state index in [4.69, 9.17) is 0 Å². The molecule has 0 rings (SSSR count). The molecule has 0 fully saturated rings. The molecule has 1 heteroatoms. The van der Waals surface area contributed by atoms with Gasteiger partial charge in [0.05, 0.1) is 0 Å². The fraction of sp³-hybridized carbons (Fsp3) is 1.00. The summed E-state index contributed by atoms with van der Waals surface area (Å²) in [5.41, 5.74) is 0. The minimum atomic E-state index is -0.102. The monoisotopic (exact) mass is 291 g/mol. The zero-order chi connectivity index (χ0) is 5.54. The van der Waals surface area contributed by atoms with Crippen LogP contribution in [0.15, 0.2) is 0 Å². The molecular formula is C6H14Tl. The first-order valence-electron chi connectivity index (χ1n) is 3.23. The van der Waals surface area contributed by atoms with E-state index in [1.54, 1.807) is 7.96 Å². The Morgan fingerprint density at radius 1 is 1.00 bits per heavy atom. The molecule has 0 aliphatic heterocycles. The van der Waals surface area contributed by atoms with Crippen molar-refractivity contribution in [1.29, 1.82) is 0 Å². The summed E-state index contributed by atoms with van der Waals surface area (Å²) in [6, 6.07) is 0. The van der Waals surface area contributed by atoms with Gasteiger partial charge in [-0.3, -0.25) is 0 Å². The van der Waals surface area contributed by atoms with Gasteiger partial charge in [-0.2, -0.15) is 0 Å². The van der Waals surface area contributed by atoms with E-state index in [-0.39, 0.29) is 24.2 Å². The molecule has 0 aromatic carbocycles. The Balaban J connectivity index is 2.45. The first-order chi connectivity index (χ1) is 3.41. The average Bonchev–Trinajstić information content (AvgIpc) is 1.69. The van der Waals surface area contributed by atoms with Crippen molar-refractivity contribution in [2.24, 2.45) is 0 Å². The molecule has 0 aliphatic carbocycles. The Bertz CT molecular complexity index is 23.4. The second-order valence-electron chi connectivity index (χ2n) is 1.87. The SMILES string of the molecule is CC[CH2][Tl][CH2]CC. The van der Waals surface area contributed by atoms with E-state index in [2.05, 4.69) is 13.8 Å². The fourth-order valence-electron chi connectivity index (χ4n) is 0.553. The van der Waals surface area contributed by atoms with Crippen molar-refractivity contribution in [3.8, 4) is 0 Å². The average molecular weight is 291 g/mol. The Labute approximate surface area is 58.9 Å². The van der Waals surface area contributed by atoms with Crippen LogP contribution in [0, 0.1) is 0 Å².